The molecule has 0 fully saturated rings. The maximum absolute atomic E-state index is 10.1. The van der Waals surface area contributed by atoms with Crippen LogP contribution in [0, 0.1) is 0 Å². The van der Waals surface area contributed by atoms with E-state index in [1.165, 1.54) is 5.56 Å². The second kappa shape index (κ2) is 5.61. The van der Waals surface area contributed by atoms with Crippen molar-refractivity contribution < 1.29 is 10.2 Å². The van der Waals surface area contributed by atoms with Crippen molar-refractivity contribution in [3.8, 4) is 0 Å². The molecule has 0 atom stereocenters. The van der Waals surface area contributed by atoms with E-state index in [1.54, 1.807) is 12.1 Å². The lowest BCUT2D eigenvalue weighted by Crippen LogP contribution is -1.92. The first-order valence-electron chi connectivity index (χ1n) is 6.37. The molecule has 0 saturated carbocycles. The van der Waals surface area contributed by atoms with Gasteiger partial charge in [0.1, 0.15) is 0 Å². The van der Waals surface area contributed by atoms with E-state index in [1.807, 2.05) is 42.5 Å². The van der Waals surface area contributed by atoms with Gasteiger partial charge >= 0.3 is 0 Å². The standard InChI is InChI=1S/C17H18O2/c1-12(2)13-8-10-15(11-9-13)17(19)16(18)14-6-4-3-5-7-14/h3-12,18-19H,1-2H3. The van der Waals surface area contributed by atoms with Crippen LogP contribution in [0.3, 0.4) is 0 Å². The Hall–Kier alpha value is -2.22. The Bertz CT molecular complexity index is 566. The van der Waals surface area contributed by atoms with Crippen LogP contribution in [0.4, 0.5) is 0 Å². The lowest BCUT2D eigenvalue weighted by molar-refractivity contribution is 0.459. The van der Waals surface area contributed by atoms with Crippen LogP contribution in [-0.2, 0) is 0 Å². The molecular weight excluding hydrogens is 236 g/mol. The highest BCUT2D eigenvalue weighted by molar-refractivity contribution is 5.82. The van der Waals surface area contributed by atoms with Crippen LogP contribution in [-0.4, -0.2) is 10.2 Å². The van der Waals surface area contributed by atoms with Crippen molar-refractivity contribution in [1.82, 2.24) is 0 Å². The molecule has 2 aromatic rings. The van der Waals surface area contributed by atoms with Gasteiger partial charge in [-0.05, 0) is 11.5 Å². The predicted octanol–water partition coefficient (Wildman–Crippen LogP) is 4.75. The average Bonchev–Trinajstić information content (AvgIpc) is 2.46. The van der Waals surface area contributed by atoms with Crippen molar-refractivity contribution in [3.05, 3.63) is 71.3 Å². The van der Waals surface area contributed by atoms with Crippen molar-refractivity contribution in [1.29, 1.82) is 0 Å². The third-order valence-electron chi connectivity index (χ3n) is 3.12. The summed E-state index contributed by atoms with van der Waals surface area (Å²) in [6.45, 7) is 4.23. The topological polar surface area (TPSA) is 40.5 Å². The summed E-state index contributed by atoms with van der Waals surface area (Å²) in [4.78, 5) is 0. The van der Waals surface area contributed by atoms with Gasteiger partial charge in [0.05, 0.1) is 0 Å². The smallest absolute Gasteiger partial charge is 0.165 e. The monoisotopic (exact) mass is 254 g/mol. The Kier molecular flexibility index (Phi) is 3.91. The molecule has 2 rings (SSSR count). The molecule has 0 aliphatic rings. The minimum absolute atomic E-state index is 0.0958. The highest BCUT2D eigenvalue weighted by Crippen LogP contribution is 2.23. The third kappa shape index (κ3) is 2.97. The zero-order valence-corrected chi connectivity index (χ0v) is 11.2. The molecule has 0 aliphatic carbocycles. The average molecular weight is 254 g/mol. The Morgan fingerprint density at radius 2 is 1.21 bits per heavy atom. The van der Waals surface area contributed by atoms with Gasteiger partial charge in [0.15, 0.2) is 11.5 Å². The molecule has 0 spiro atoms. The second-order valence-corrected chi connectivity index (χ2v) is 4.84. The molecule has 0 aromatic heterocycles. The first-order chi connectivity index (χ1) is 9.09. The van der Waals surface area contributed by atoms with E-state index >= 15 is 0 Å². The molecule has 98 valence electrons. The first-order valence-corrected chi connectivity index (χ1v) is 6.37. The Morgan fingerprint density at radius 3 is 1.68 bits per heavy atom. The summed E-state index contributed by atoms with van der Waals surface area (Å²) >= 11 is 0. The van der Waals surface area contributed by atoms with Gasteiger partial charge in [-0.1, -0.05) is 68.4 Å². The number of rotatable bonds is 3. The Labute approximate surface area is 113 Å². The lowest BCUT2D eigenvalue weighted by atomic mass is 10.0. The SMILES string of the molecule is CC(C)c1ccc(C(O)=C(O)c2ccccc2)cc1. The van der Waals surface area contributed by atoms with Gasteiger partial charge in [-0.15, -0.1) is 0 Å². The number of benzene rings is 2. The predicted molar refractivity (Wildman–Crippen MR) is 79.0 cm³/mol. The quantitative estimate of drug-likeness (QED) is 0.613. The van der Waals surface area contributed by atoms with E-state index in [9.17, 15) is 10.2 Å². The summed E-state index contributed by atoms with van der Waals surface area (Å²) in [5.41, 5.74) is 2.43. The van der Waals surface area contributed by atoms with Crippen LogP contribution < -0.4 is 0 Å². The molecule has 0 aliphatic heterocycles. The molecule has 2 N–H and O–H groups in total. The van der Waals surface area contributed by atoms with Crippen LogP contribution in [0.2, 0.25) is 0 Å². The van der Waals surface area contributed by atoms with Crippen LogP contribution in [0.1, 0.15) is 36.5 Å². The fourth-order valence-corrected chi connectivity index (χ4v) is 1.90. The number of hydrogen-bond donors (Lipinski definition) is 2. The summed E-state index contributed by atoms with van der Waals surface area (Å²) in [5, 5.41) is 20.2. The van der Waals surface area contributed by atoms with Crippen molar-refractivity contribution in [2.75, 3.05) is 0 Å². The van der Waals surface area contributed by atoms with Crippen LogP contribution >= 0.6 is 0 Å². The Morgan fingerprint density at radius 1 is 0.737 bits per heavy atom. The molecule has 0 amide bonds. The first kappa shape index (κ1) is 13.2. The number of aliphatic hydroxyl groups excluding tert-OH is 2. The van der Waals surface area contributed by atoms with Crippen molar-refractivity contribution in [2.45, 2.75) is 19.8 Å². The molecule has 19 heavy (non-hydrogen) atoms. The molecule has 2 heteroatoms. The van der Waals surface area contributed by atoms with Crippen LogP contribution in [0.5, 0.6) is 0 Å². The summed E-state index contributed by atoms with van der Waals surface area (Å²) in [6.07, 6.45) is 0. The molecule has 0 bridgehead atoms. The summed E-state index contributed by atoms with van der Waals surface area (Å²) in [5.74, 6) is 0.252. The van der Waals surface area contributed by atoms with Gasteiger partial charge in [0, 0.05) is 11.1 Å². The van der Waals surface area contributed by atoms with E-state index in [0.717, 1.165) is 0 Å². The fraction of sp³-hybridized carbons (Fsp3) is 0.176. The van der Waals surface area contributed by atoms with Gasteiger partial charge in [0.25, 0.3) is 0 Å². The molecule has 0 heterocycles. The molecular formula is C17H18O2. The van der Waals surface area contributed by atoms with Crippen molar-refractivity contribution >= 4 is 11.5 Å². The second-order valence-electron chi connectivity index (χ2n) is 4.84. The normalized spacial score (nSPS) is 12.4. The minimum atomic E-state index is -0.0992. The number of hydrogen-bond acceptors (Lipinski definition) is 2. The molecule has 2 nitrogen and oxygen atoms in total. The maximum Gasteiger partial charge on any atom is 0.165 e. The third-order valence-corrected chi connectivity index (χ3v) is 3.12. The van der Waals surface area contributed by atoms with E-state index in [-0.39, 0.29) is 11.5 Å². The van der Waals surface area contributed by atoms with Crippen molar-refractivity contribution in [2.24, 2.45) is 0 Å². The van der Waals surface area contributed by atoms with Crippen molar-refractivity contribution in [3.63, 3.8) is 0 Å². The Balaban J connectivity index is 2.35. The minimum Gasteiger partial charge on any atom is -0.504 e. The maximum atomic E-state index is 10.1. The lowest BCUT2D eigenvalue weighted by Gasteiger charge is -2.08. The van der Waals surface area contributed by atoms with E-state index in [0.29, 0.717) is 17.0 Å². The van der Waals surface area contributed by atoms with E-state index < -0.39 is 0 Å². The largest absolute Gasteiger partial charge is 0.504 e. The summed E-state index contributed by atoms with van der Waals surface area (Å²) in [7, 11) is 0. The highest BCUT2D eigenvalue weighted by atomic mass is 16.3. The fourth-order valence-electron chi connectivity index (χ4n) is 1.90. The van der Waals surface area contributed by atoms with Gasteiger partial charge in [-0.2, -0.15) is 0 Å². The molecule has 0 saturated heterocycles. The van der Waals surface area contributed by atoms with Gasteiger partial charge < -0.3 is 10.2 Å². The van der Waals surface area contributed by atoms with Crippen LogP contribution in [0.15, 0.2) is 54.6 Å². The van der Waals surface area contributed by atoms with E-state index in [4.69, 9.17) is 0 Å². The van der Waals surface area contributed by atoms with Crippen LogP contribution in [0.25, 0.3) is 11.5 Å². The number of aliphatic hydroxyl groups is 2. The zero-order chi connectivity index (χ0) is 13.8. The summed E-state index contributed by atoms with van der Waals surface area (Å²) < 4.78 is 0. The summed E-state index contributed by atoms with van der Waals surface area (Å²) in [6, 6.07) is 16.6. The highest BCUT2D eigenvalue weighted by Gasteiger charge is 2.09. The van der Waals surface area contributed by atoms with Gasteiger partial charge in [0.2, 0.25) is 0 Å². The molecule has 0 unspecified atom stereocenters. The van der Waals surface area contributed by atoms with E-state index in [2.05, 4.69) is 13.8 Å². The zero-order valence-electron chi connectivity index (χ0n) is 11.2. The molecule has 2 aromatic carbocycles. The van der Waals surface area contributed by atoms with Gasteiger partial charge in [-0.25, -0.2) is 0 Å². The molecule has 0 radical (unpaired) electrons. The van der Waals surface area contributed by atoms with Gasteiger partial charge in [-0.3, -0.25) is 0 Å².